The van der Waals surface area contributed by atoms with Crippen LogP contribution in [0.3, 0.4) is 0 Å². The summed E-state index contributed by atoms with van der Waals surface area (Å²) in [6.07, 6.45) is -3.07. The molecule has 1 fully saturated rings. The fourth-order valence-corrected chi connectivity index (χ4v) is 1.04. The fraction of sp³-hybridized carbons (Fsp3) is 1.00. The summed E-state index contributed by atoms with van der Waals surface area (Å²) in [6, 6.07) is 0. The first kappa shape index (κ1) is 7.94. The van der Waals surface area contributed by atoms with Crippen molar-refractivity contribution in [3.63, 3.8) is 0 Å². The Hall–Kier alpha value is -0.160. The molecule has 0 aromatic carbocycles. The predicted molar refractivity (Wildman–Crippen MR) is 33.2 cm³/mol. The standard InChI is InChI=1S/C6H12O4/c1-3-2-4(7)5(8)6(9)10-3/h3-9H,2H2,1H3/t3-,4-,5+,6-/m0/s1. The maximum Gasteiger partial charge on any atom is 0.183 e. The third kappa shape index (κ3) is 1.46. The van der Waals surface area contributed by atoms with Crippen molar-refractivity contribution in [1.29, 1.82) is 0 Å². The summed E-state index contributed by atoms with van der Waals surface area (Å²) < 4.78 is 4.81. The highest BCUT2D eigenvalue weighted by molar-refractivity contribution is 4.77. The van der Waals surface area contributed by atoms with Crippen molar-refractivity contribution in [3.05, 3.63) is 0 Å². The topological polar surface area (TPSA) is 69.9 Å². The maximum atomic E-state index is 9.03. The summed E-state index contributed by atoms with van der Waals surface area (Å²) in [5, 5.41) is 26.9. The minimum Gasteiger partial charge on any atom is -0.390 e. The van der Waals surface area contributed by atoms with Crippen molar-refractivity contribution in [2.75, 3.05) is 0 Å². The SMILES string of the molecule is C[C@H]1C[C@H](O)[C@@H](O)[C@@H](O)O1. The van der Waals surface area contributed by atoms with Gasteiger partial charge in [0.2, 0.25) is 0 Å². The third-order valence-electron chi connectivity index (χ3n) is 1.63. The van der Waals surface area contributed by atoms with Gasteiger partial charge < -0.3 is 20.1 Å². The molecule has 0 aromatic heterocycles. The normalized spacial score (nSPS) is 49.2. The first-order chi connectivity index (χ1) is 4.61. The van der Waals surface area contributed by atoms with E-state index in [1.54, 1.807) is 6.92 Å². The van der Waals surface area contributed by atoms with Gasteiger partial charge >= 0.3 is 0 Å². The van der Waals surface area contributed by atoms with Crippen LogP contribution in [0.5, 0.6) is 0 Å². The van der Waals surface area contributed by atoms with Gasteiger partial charge in [-0.15, -0.1) is 0 Å². The van der Waals surface area contributed by atoms with Crippen molar-refractivity contribution >= 4 is 0 Å². The zero-order valence-corrected chi connectivity index (χ0v) is 5.77. The highest BCUT2D eigenvalue weighted by atomic mass is 16.6. The second-order valence-corrected chi connectivity index (χ2v) is 2.63. The molecule has 4 nitrogen and oxygen atoms in total. The van der Waals surface area contributed by atoms with Crippen LogP contribution in [-0.4, -0.2) is 39.9 Å². The lowest BCUT2D eigenvalue weighted by molar-refractivity contribution is -0.242. The second-order valence-electron chi connectivity index (χ2n) is 2.63. The molecule has 1 aliphatic heterocycles. The van der Waals surface area contributed by atoms with Gasteiger partial charge in [0.05, 0.1) is 12.2 Å². The molecule has 0 amide bonds. The predicted octanol–water partition coefficient (Wildman–Crippen LogP) is -1.16. The molecule has 0 radical (unpaired) electrons. The number of aliphatic hydroxyl groups is 3. The van der Waals surface area contributed by atoms with Crippen LogP contribution in [0.25, 0.3) is 0 Å². The van der Waals surface area contributed by atoms with Crippen molar-refractivity contribution in [3.8, 4) is 0 Å². The summed E-state index contributed by atoms with van der Waals surface area (Å²) >= 11 is 0. The van der Waals surface area contributed by atoms with Gasteiger partial charge in [0.1, 0.15) is 6.10 Å². The third-order valence-corrected chi connectivity index (χ3v) is 1.63. The smallest absolute Gasteiger partial charge is 0.183 e. The summed E-state index contributed by atoms with van der Waals surface area (Å²) in [5.74, 6) is 0. The van der Waals surface area contributed by atoms with Gasteiger partial charge in [0.25, 0.3) is 0 Å². The number of hydrogen-bond donors (Lipinski definition) is 3. The van der Waals surface area contributed by atoms with E-state index in [1.165, 1.54) is 0 Å². The molecule has 1 saturated heterocycles. The molecule has 60 valence electrons. The van der Waals surface area contributed by atoms with Crippen molar-refractivity contribution in [1.82, 2.24) is 0 Å². The summed E-state index contributed by atoms with van der Waals surface area (Å²) in [7, 11) is 0. The molecule has 1 aliphatic rings. The van der Waals surface area contributed by atoms with Crippen LogP contribution in [0.15, 0.2) is 0 Å². The lowest BCUT2D eigenvalue weighted by atomic mass is 10.0. The Labute approximate surface area is 59.1 Å². The van der Waals surface area contributed by atoms with E-state index in [4.69, 9.17) is 20.1 Å². The Morgan fingerprint density at radius 2 is 1.90 bits per heavy atom. The first-order valence-electron chi connectivity index (χ1n) is 3.31. The van der Waals surface area contributed by atoms with E-state index >= 15 is 0 Å². The Balaban J connectivity index is 2.49. The Morgan fingerprint density at radius 1 is 1.30 bits per heavy atom. The maximum absolute atomic E-state index is 9.03. The van der Waals surface area contributed by atoms with Gasteiger partial charge in [-0.25, -0.2) is 0 Å². The van der Waals surface area contributed by atoms with Crippen LogP contribution in [-0.2, 0) is 4.74 Å². The van der Waals surface area contributed by atoms with E-state index < -0.39 is 18.5 Å². The lowest BCUT2D eigenvalue weighted by Crippen LogP contribution is -2.47. The van der Waals surface area contributed by atoms with Crippen LogP contribution in [0.4, 0.5) is 0 Å². The van der Waals surface area contributed by atoms with E-state index in [0.717, 1.165) is 0 Å². The summed E-state index contributed by atoms with van der Waals surface area (Å²) in [6.45, 7) is 1.73. The van der Waals surface area contributed by atoms with E-state index in [1.807, 2.05) is 0 Å². The monoisotopic (exact) mass is 148 g/mol. The largest absolute Gasteiger partial charge is 0.390 e. The molecule has 10 heavy (non-hydrogen) atoms. The Morgan fingerprint density at radius 3 is 2.40 bits per heavy atom. The van der Waals surface area contributed by atoms with Gasteiger partial charge in [0.15, 0.2) is 6.29 Å². The van der Waals surface area contributed by atoms with Crippen LogP contribution in [0.1, 0.15) is 13.3 Å². The number of aliphatic hydroxyl groups excluding tert-OH is 3. The first-order valence-corrected chi connectivity index (χ1v) is 3.31. The Kier molecular flexibility index (Phi) is 2.25. The van der Waals surface area contributed by atoms with E-state index in [9.17, 15) is 0 Å². The number of rotatable bonds is 0. The molecule has 0 saturated carbocycles. The molecule has 0 spiro atoms. The van der Waals surface area contributed by atoms with Crippen LogP contribution >= 0.6 is 0 Å². The Bertz CT molecular complexity index is 104. The molecule has 0 unspecified atom stereocenters. The van der Waals surface area contributed by atoms with Crippen LogP contribution in [0, 0.1) is 0 Å². The molecular formula is C6H12O4. The quantitative estimate of drug-likeness (QED) is 0.405. The molecule has 3 N–H and O–H groups in total. The van der Waals surface area contributed by atoms with Gasteiger partial charge in [0, 0.05) is 6.42 Å². The van der Waals surface area contributed by atoms with Gasteiger partial charge in [-0.1, -0.05) is 0 Å². The molecule has 0 aromatic rings. The number of ether oxygens (including phenoxy) is 1. The number of hydrogen-bond acceptors (Lipinski definition) is 4. The zero-order valence-electron chi connectivity index (χ0n) is 5.77. The van der Waals surface area contributed by atoms with Gasteiger partial charge in [-0.05, 0) is 6.92 Å². The highest BCUT2D eigenvalue weighted by Gasteiger charge is 2.33. The highest BCUT2D eigenvalue weighted by Crippen LogP contribution is 2.17. The zero-order chi connectivity index (χ0) is 7.72. The van der Waals surface area contributed by atoms with Crippen LogP contribution < -0.4 is 0 Å². The average Bonchev–Trinajstić information content (AvgIpc) is 1.82. The minimum atomic E-state index is -1.24. The average molecular weight is 148 g/mol. The van der Waals surface area contributed by atoms with Crippen molar-refractivity contribution < 1.29 is 20.1 Å². The summed E-state index contributed by atoms with van der Waals surface area (Å²) in [5.41, 5.74) is 0. The molecule has 0 aliphatic carbocycles. The van der Waals surface area contributed by atoms with E-state index in [-0.39, 0.29) is 6.10 Å². The van der Waals surface area contributed by atoms with Gasteiger partial charge in [-0.3, -0.25) is 0 Å². The lowest BCUT2D eigenvalue weighted by Gasteiger charge is -2.32. The van der Waals surface area contributed by atoms with E-state index in [2.05, 4.69) is 0 Å². The molecule has 0 bridgehead atoms. The van der Waals surface area contributed by atoms with Gasteiger partial charge in [-0.2, -0.15) is 0 Å². The fourth-order valence-electron chi connectivity index (χ4n) is 1.04. The molecule has 4 heteroatoms. The molecule has 1 rings (SSSR count). The van der Waals surface area contributed by atoms with E-state index in [0.29, 0.717) is 6.42 Å². The van der Waals surface area contributed by atoms with Crippen molar-refractivity contribution in [2.45, 2.75) is 37.9 Å². The molecule has 4 atom stereocenters. The van der Waals surface area contributed by atoms with Crippen molar-refractivity contribution in [2.24, 2.45) is 0 Å². The van der Waals surface area contributed by atoms with Crippen LogP contribution in [0.2, 0.25) is 0 Å². The minimum absolute atomic E-state index is 0.187. The molecular weight excluding hydrogens is 136 g/mol. The molecule has 1 heterocycles. The second kappa shape index (κ2) is 2.84. The summed E-state index contributed by atoms with van der Waals surface area (Å²) in [4.78, 5) is 0.